The molecule has 4 N–H and O–H groups in total. The number of rotatable bonds is 56. The molecule has 0 aromatic heterocycles. The Bertz CT molecular complexity index is 981. The number of carbonyl (C=O) groups excluding carboxylic acids is 4. The maximum atomic E-state index is 10.5. The Morgan fingerprint density at radius 3 is 0.410 bits per heavy atom. The van der Waals surface area contributed by atoms with Crippen molar-refractivity contribution < 1.29 is 60.0 Å². The van der Waals surface area contributed by atoms with E-state index in [-0.39, 0.29) is 40.9 Å². The Kier molecular flexibility index (Phi) is 93.0. The molecular weight excluding hydrogens is 1220 g/mol. The van der Waals surface area contributed by atoms with Crippen LogP contribution < -0.4 is 0 Å². The molecule has 0 rings (SSSR count). The van der Waals surface area contributed by atoms with Crippen molar-refractivity contribution in [3.05, 3.63) is 0 Å². The van der Waals surface area contributed by atoms with E-state index in [9.17, 15) is 19.2 Å². The van der Waals surface area contributed by atoms with Gasteiger partial charge in [0, 0.05) is 40.9 Å². The molecule has 0 fully saturated rings. The Morgan fingerprint density at radius 2 is 0.333 bits per heavy atom. The number of hydrogen-bond donors (Lipinski definition) is 4. The fourth-order valence-corrected chi connectivity index (χ4v) is 9.32. The molecule has 0 spiro atoms. The third-order valence-electron chi connectivity index (χ3n) is 14.3. The van der Waals surface area contributed by atoms with Gasteiger partial charge < -0.3 is 90.1 Å². The van der Waals surface area contributed by atoms with Gasteiger partial charge in [-0.1, -0.05) is 310 Å². The molecule has 0 unspecified atom stereocenters. The van der Waals surface area contributed by atoms with Crippen LogP contribution in [0.5, 0.6) is 0 Å². The summed E-state index contributed by atoms with van der Waals surface area (Å²) in [4.78, 5) is 42.2. The maximum absolute atomic E-state index is 10.5. The van der Waals surface area contributed by atoms with Crippen molar-refractivity contribution in [2.24, 2.45) is 5.41 Å². The van der Waals surface area contributed by atoms with Crippen LogP contribution in [0.4, 0.5) is 0 Å². The third kappa shape index (κ3) is 92.5. The fraction of sp³-hybridized carbons (Fsp3) is 0.938. The second-order valence-electron chi connectivity index (χ2n) is 22.2. The van der Waals surface area contributed by atoms with E-state index in [0.29, 0.717) is 25.7 Å². The van der Waals surface area contributed by atoms with E-state index in [4.69, 9.17) is 20.4 Å². The number of carbonyl (C=O) groups is 4. The van der Waals surface area contributed by atoms with E-state index in [2.05, 4.69) is 78.2 Å². The molecule has 0 heterocycles. The minimum absolute atomic E-state index is 0. The van der Waals surface area contributed by atoms with Crippen LogP contribution in [0.1, 0.15) is 362 Å². The summed E-state index contributed by atoms with van der Waals surface area (Å²) in [7, 11) is 0. The standard InChI is InChI=1S/4C15H30OS.C5H12O4.Re/c4*1-2-3-4-5-6-7-8-9-10-11-12-13-14-15(16)17;6-1-5(2-7,3-8)4-9;/h4*2-14H2,1H3,(H,16,17);6-9H,1-4H2;/p-4. The van der Waals surface area contributed by atoms with Gasteiger partial charge in [0.05, 0.1) is 31.8 Å². The Hall–Kier alpha value is 0.0623. The summed E-state index contributed by atoms with van der Waals surface area (Å²) < 4.78 is 0. The molecule has 0 aliphatic heterocycles. The van der Waals surface area contributed by atoms with E-state index in [0.717, 1.165) is 25.7 Å². The van der Waals surface area contributed by atoms with Crippen LogP contribution >= 0.6 is 0 Å². The molecule has 0 aromatic carbocycles. The molecule has 0 atom stereocenters. The van der Waals surface area contributed by atoms with Gasteiger partial charge in [-0.15, -0.1) is 0 Å². The van der Waals surface area contributed by atoms with Gasteiger partial charge in [0.2, 0.25) is 0 Å². The number of unbranched alkanes of at least 4 members (excludes halogenated alkanes) is 44. The van der Waals surface area contributed by atoms with Crippen LogP contribution in [-0.4, -0.2) is 67.3 Å². The minimum atomic E-state index is -1.11. The van der Waals surface area contributed by atoms with Crippen LogP contribution in [0.25, 0.3) is 0 Å². The summed E-state index contributed by atoms with van der Waals surface area (Å²) >= 11 is 18.1. The van der Waals surface area contributed by atoms with Gasteiger partial charge in [-0.3, -0.25) is 0 Å². The van der Waals surface area contributed by atoms with Gasteiger partial charge >= 0.3 is 0 Å². The first kappa shape index (κ1) is 89.3. The van der Waals surface area contributed by atoms with Crippen LogP contribution in [0.2, 0.25) is 0 Å². The molecular formula is C65H128O8ReS4-4. The van der Waals surface area contributed by atoms with Gasteiger partial charge in [-0.2, -0.15) is 0 Å². The van der Waals surface area contributed by atoms with E-state index in [1.165, 1.54) is 283 Å². The van der Waals surface area contributed by atoms with Gasteiger partial charge in [0.15, 0.2) is 0 Å². The molecule has 13 heteroatoms. The molecule has 471 valence electrons. The van der Waals surface area contributed by atoms with Gasteiger partial charge in [0.1, 0.15) is 0 Å². The van der Waals surface area contributed by atoms with Crippen molar-refractivity contribution in [1.29, 1.82) is 0 Å². The summed E-state index contributed by atoms with van der Waals surface area (Å²) in [6, 6.07) is 0. The van der Waals surface area contributed by atoms with Crippen molar-refractivity contribution in [3.63, 3.8) is 0 Å². The number of hydrogen-bond acceptors (Lipinski definition) is 12. The molecule has 8 nitrogen and oxygen atoms in total. The predicted octanol–water partition coefficient (Wildman–Crippen LogP) is 18.5. The number of aliphatic hydroxyl groups excluding tert-OH is 4. The largest absolute Gasteiger partial charge is 0.742 e. The quantitative estimate of drug-likeness (QED) is 0.0339. The molecule has 0 saturated carbocycles. The van der Waals surface area contributed by atoms with Crippen molar-refractivity contribution in [2.45, 2.75) is 362 Å². The Balaban J connectivity index is -0.000000210. The van der Waals surface area contributed by atoms with E-state index >= 15 is 0 Å². The van der Waals surface area contributed by atoms with Crippen LogP contribution in [-0.2, 0) is 90.1 Å². The zero-order chi connectivity index (χ0) is 58.4. The molecule has 1 radical (unpaired) electrons. The summed E-state index contributed by atoms with van der Waals surface area (Å²) in [5.74, 6) is 0. The monoisotopic (exact) mass is 1350 g/mol. The molecule has 78 heavy (non-hydrogen) atoms. The summed E-state index contributed by atoms with van der Waals surface area (Å²) in [5.41, 5.74) is -1.11. The molecule has 0 bridgehead atoms. The Labute approximate surface area is 520 Å². The van der Waals surface area contributed by atoms with Crippen molar-refractivity contribution in [2.75, 3.05) is 26.4 Å². The molecule has 0 aliphatic rings. The molecule has 0 aliphatic carbocycles. The first-order valence-electron chi connectivity index (χ1n) is 32.6. The second-order valence-corrected chi connectivity index (χ2v) is 24.0. The zero-order valence-corrected chi connectivity index (χ0v) is 57.5. The van der Waals surface area contributed by atoms with Crippen LogP contribution in [0.3, 0.4) is 0 Å². The van der Waals surface area contributed by atoms with Gasteiger partial charge in [0.25, 0.3) is 0 Å². The minimum Gasteiger partial charge on any atom is -0.742 e. The van der Waals surface area contributed by atoms with Crippen LogP contribution in [0, 0.1) is 5.41 Å². The predicted molar refractivity (Wildman–Crippen MR) is 343 cm³/mol. The Morgan fingerprint density at radius 1 is 0.231 bits per heavy atom. The first-order chi connectivity index (χ1) is 37.3. The maximum Gasteiger partial charge on any atom is 0.0627 e. The summed E-state index contributed by atoms with van der Waals surface area (Å²) in [5, 5.41) is 33.7. The van der Waals surface area contributed by atoms with Crippen LogP contribution in [0.15, 0.2) is 0 Å². The first-order valence-corrected chi connectivity index (χ1v) is 34.2. The number of aliphatic hydroxyl groups is 4. The average Bonchev–Trinajstić information content (AvgIpc) is 3.41. The summed E-state index contributed by atoms with van der Waals surface area (Å²) in [6.45, 7) is 7.43. The topological polar surface area (TPSA) is 149 Å². The SMILES string of the molecule is CCCCCCCCCCCCCCC(=O)[S-].CCCCCCCCCCCCCCC(=O)[S-].CCCCCCCCCCCCCCC(=O)[S-].CCCCCCCCCCCCCCC(=O)[S-].OCC(CO)(CO)CO.[Re]. The average molecular weight is 1350 g/mol. The molecule has 0 amide bonds. The van der Waals surface area contributed by atoms with E-state index in [1.807, 2.05) is 0 Å². The second kappa shape index (κ2) is 81.3. The van der Waals surface area contributed by atoms with Gasteiger partial charge in [-0.05, 0) is 51.4 Å². The summed E-state index contributed by atoms with van der Waals surface area (Å²) in [6.07, 6.45) is 66.3. The van der Waals surface area contributed by atoms with E-state index < -0.39 is 31.8 Å². The normalized spacial score (nSPS) is 10.7. The van der Waals surface area contributed by atoms with E-state index in [1.54, 1.807) is 0 Å². The molecule has 0 saturated heterocycles. The smallest absolute Gasteiger partial charge is 0.0627 e. The van der Waals surface area contributed by atoms with Gasteiger partial charge in [-0.25, -0.2) is 0 Å². The molecule has 0 aromatic rings. The third-order valence-corrected chi connectivity index (χ3v) is 15.1. The zero-order valence-electron chi connectivity index (χ0n) is 51.5. The van der Waals surface area contributed by atoms with Crippen molar-refractivity contribution in [1.82, 2.24) is 0 Å². The van der Waals surface area contributed by atoms with Crippen molar-refractivity contribution in [3.8, 4) is 0 Å². The fourth-order valence-electron chi connectivity index (χ4n) is 8.74. The van der Waals surface area contributed by atoms with Crippen molar-refractivity contribution >= 4 is 71.0 Å².